The number of halogens is 1. The first kappa shape index (κ1) is 18.2. The van der Waals surface area contributed by atoms with Gasteiger partial charge in [0, 0.05) is 19.0 Å². The van der Waals surface area contributed by atoms with Gasteiger partial charge in [-0.05, 0) is 42.7 Å². The second-order valence-corrected chi connectivity index (χ2v) is 7.02. The molecule has 1 N–H and O–H groups in total. The molecule has 2 aromatic carbocycles. The highest BCUT2D eigenvalue weighted by Crippen LogP contribution is 2.25. The molecule has 28 heavy (non-hydrogen) atoms. The maximum absolute atomic E-state index is 13.0. The van der Waals surface area contributed by atoms with Crippen LogP contribution in [0.25, 0.3) is 5.69 Å². The fourth-order valence-corrected chi connectivity index (χ4v) is 3.56. The number of benzene rings is 2. The standard InChI is InChI=1S/C21H21FN4O2/c22-17-8-6-15(7-9-17)14-19(27)25-12-10-16(11-13-25)20-23-21(28)26(24-20)18-4-2-1-3-5-18/h1-9,16H,10-14H2,(H,23,24,28). The number of hydrogen-bond acceptors (Lipinski definition) is 3. The first-order chi connectivity index (χ1) is 13.6. The van der Waals surface area contributed by atoms with Crippen LogP contribution in [0.4, 0.5) is 4.39 Å². The van der Waals surface area contributed by atoms with Crippen LogP contribution in [0, 0.1) is 5.82 Å². The second-order valence-electron chi connectivity index (χ2n) is 7.02. The molecule has 0 spiro atoms. The Morgan fingerprint density at radius 2 is 1.75 bits per heavy atom. The van der Waals surface area contributed by atoms with Crippen LogP contribution in [0.15, 0.2) is 59.4 Å². The molecular formula is C21H21FN4O2. The Morgan fingerprint density at radius 3 is 2.43 bits per heavy atom. The Hall–Kier alpha value is -3.22. The Morgan fingerprint density at radius 1 is 1.07 bits per heavy atom. The third-order valence-electron chi connectivity index (χ3n) is 5.14. The number of carbonyl (C=O) groups excluding carboxylic acids is 1. The average Bonchev–Trinajstić information content (AvgIpc) is 3.12. The largest absolute Gasteiger partial charge is 0.348 e. The quantitative estimate of drug-likeness (QED) is 0.756. The van der Waals surface area contributed by atoms with E-state index in [1.54, 1.807) is 12.1 Å². The van der Waals surface area contributed by atoms with E-state index in [2.05, 4.69) is 10.1 Å². The summed E-state index contributed by atoms with van der Waals surface area (Å²) < 4.78 is 14.4. The van der Waals surface area contributed by atoms with Gasteiger partial charge in [0.05, 0.1) is 12.1 Å². The van der Waals surface area contributed by atoms with Crippen molar-refractivity contribution in [3.8, 4) is 5.69 Å². The lowest BCUT2D eigenvalue weighted by atomic mass is 9.95. The van der Waals surface area contributed by atoms with Gasteiger partial charge < -0.3 is 4.90 Å². The lowest BCUT2D eigenvalue weighted by molar-refractivity contribution is -0.131. The number of likely N-dealkylation sites (tertiary alicyclic amines) is 1. The molecule has 1 fully saturated rings. The Bertz CT molecular complexity index is 1000. The lowest BCUT2D eigenvalue weighted by Gasteiger charge is -2.31. The van der Waals surface area contributed by atoms with E-state index >= 15 is 0 Å². The van der Waals surface area contributed by atoms with Crippen molar-refractivity contribution in [2.75, 3.05) is 13.1 Å². The van der Waals surface area contributed by atoms with Crippen LogP contribution in [0.1, 0.15) is 30.1 Å². The highest BCUT2D eigenvalue weighted by molar-refractivity contribution is 5.78. The molecule has 0 bridgehead atoms. The van der Waals surface area contributed by atoms with Gasteiger partial charge in [0.25, 0.3) is 0 Å². The van der Waals surface area contributed by atoms with Crippen LogP contribution in [0.2, 0.25) is 0 Å². The van der Waals surface area contributed by atoms with Gasteiger partial charge in [0.15, 0.2) is 0 Å². The fraction of sp³-hybridized carbons (Fsp3) is 0.286. The number of amides is 1. The number of aromatic amines is 1. The van der Waals surface area contributed by atoms with Crippen LogP contribution < -0.4 is 5.69 Å². The molecule has 1 saturated heterocycles. The van der Waals surface area contributed by atoms with Gasteiger partial charge in [-0.2, -0.15) is 4.68 Å². The lowest BCUT2D eigenvalue weighted by Crippen LogP contribution is -2.39. The van der Waals surface area contributed by atoms with Gasteiger partial charge in [0.1, 0.15) is 11.6 Å². The maximum atomic E-state index is 13.0. The minimum atomic E-state index is -0.305. The summed E-state index contributed by atoms with van der Waals surface area (Å²) in [5.41, 5.74) is 1.28. The molecule has 0 aliphatic carbocycles. The number of nitrogens with zero attached hydrogens (tertiary/aromatic N) is 3. The van der Waals surface area contributed by atoms with Crippen molar-refractivity contribution in [1.82, 2.24) is 19.7 Å². The van der Waals surface area contributed by atoms with E-state index in [1.807, 2.05) is 35.2 Å². The molecule has 3 aromatic rings. The zero-order chi connectivity index (χ0) is 19.5. The van der Waals surface area contributed by atoms with Crippen LogP contribution in [0.3, 0.4) is 0 Å². The van der Waals surface area contributed by atoms with Crippen molar-refractivity contribution < 1.29 is 9.18 Å². The number of nitrogens with one attached hydrogen (secondary N) is 1. The molecule has 1 aliphatic rings. The van der Waals surface area contributed by atoms with E-state index < -0.39 is 0 Å². The summed E-state index contributed by atoms with van der Waals surface area (Å²) in [4.78, 5) is 29.4. The SMILES string of the molecule is O=C(Cc1ccc(F)cc1)N1CCC(c2nn(-c3ccccc3)c(=O)[nH]2)CC1. The number of rotatable bonds is 4. The van der Waals surface area contributed by atoms with Crippen molar-refractivity contribution in [3.63, 3.8) is 0 Å². The van der Waals surface area contributed by atoms with Gasteiger partial charge in [0.2, 0.25) is 5.91 Å². The molecule has 0 radical (unpaired) electrons. The number of hydrogen-bond donors (Lipinski definition) is 1. The molecule has 1 amide bonds. The summed E-state index contributed by atoms with van der Waals surface area (Å²) in [6.07, 6.45) is 1.76. The third kappa shape index (κ3) is 3.88. The summed E-state index contributed by atoms with van der Waals surface area (Å²) in [7, 11) is 0. The zero-order valence-electron chi connectivity index (χ0n) is 15.3. The van der Waals surface area contributed by atoms with Gasteiger partial charge in [-0.3, -0.25) is 9.78 Å². The summed E-state index contributed by atoms with van der Waals surface area (Å²) in [5.74, 6) is 0.515. The number of carbonyl (C=O) groups is 1. The third-order valence-corrected chi connectivity index (χ3v) is 5.14. The van der Waals surface area contributed by atoms with E-state index in [-0.39, 0.29) is 29.8 Å². The second kappa shape index (κ2) is 7.80. The molecule has 144 valence electrons. The van der Waals surface area contributed by atoms with Crippen LogP contribution in [-0.2, 0) is 11.2 Å². The summed E-state index contributed by atoms with van der Waals surface area (Å²) in [5, 5.41) is 4.46. The first-order valence-corrected chi connectivity index (χ1v) is 9.37. The maximum Gasteiger partial charge on any atom is 0.348 e. The molecule has 7 heteroatoms. The minimum absolute atomic E-state index is 0.0355. The first-order valence-electron chi connectivity index (χ1n) is 9.37. The van der Waals surface area contributed by atoms with Crippen molar-refractivity contribution in [2.24, 2.45) is 0 Å². The zero-order valence-corrected chi connectivity index (χ0v) is 15.3. The highest BCUT2D eigenvalue weighted by atomic mass is 19.1. The van der Waals surface area contributed by atoms with E-state index in [1.165, 1.54) is 16.8 Å². The van der Waals surface area contributed by atoms with Gasteiger partial charge in [-0.15, -0.1) is 5.10 Å². The van der Waals surface area contributed by atoms with Crippen LogP contribution >= 0.6 is 0 Å². The molecule has 0 unspecified atom stereocenters. The monoisotopic (exact) mass is 380 g/mol. The molecule has 6 nitrogen and oxygen atoms in total. The van der Waals surface area contributed by atoms with Crippen LogP contribution in [0.5, 0.6) is 0 Å². The number of H-pyrrole nitrogens is 1. The van der Waals surface area contributed by atoms with E-state index in [9.17, 15) is 14.0 Å². The smallest absolute Gasteiger partial charge is 0.342 e. The fourth-order valence-electron chi connectivity index (χ4n) is 3.56. The van der Waals surface area contributed by atoms with Gasteiger partial charge >= 0.3 is 5.69 Å². The van der Waals surface area contributed by atoms with Crippen LogP contribution in [-0.4, -0.2) is 38.7 Å². The van der Waals surface area contributed by atoms with Gasteiger partial charge in [-0.25, -0.2) is 9.18 Å². The average molecular weight is 380 g/mol. The molecule has 2 heterocycles. The number of para-hydroxylation sites is 1. The normalized spacial score (nSPS) is 15.0. The molecule has 4 rings (SSSR count). The predicted octanol–water partition coefficient (Wildman–Crippen LogP) is 2.65. The van der Waals surface area contributed by atoms with E-state index in [4.69, 9.17) is 0 Å². The predicted molar refractivity (Wildman–Crippen MR) is 103 cm³/mol. The van der Waals surface area contributed by atoms with Crippen molar-refractivity contribution in [2.45, 2.75) is 25.2 Å². The summed E-state index contributed by atoms with van der Waals surface area (Å²) >= 11 is 0. The summed E-state index contributed by atoms with van der Waals surface area (Å²) in [6, 6.07) is 15.3. The highest BCUT2D eigenvalue weighted by Gasteiger charge is 2.26. The molecule has 0 saturated carbocycles. The van der Waals surface area contributed by atoms with Crippen molar-refractivity contribution in [3.05, 3.63) is 82.3 Å². The Labute approximate surface area is 161 Å². The molecular weight excluding hydrogens is 359 g/mol. The van der Waals surface area contributed by atoms with Gasteiger partial charge in [-0.1, -0.05) is 30.3 Å². The van der Waals surface area contributed by atoms with Crippen molar-refractivity contribution >= 4 is 5.91 Å². The topological polar surface area (TPSA) is 71.0 Å². The van der Waals surface area contributed by atoms with E-state index in [0.29, 0.717) is 18.9 Å². The van der Waals surface area contributed by atoms with E-state index in [0.717, 1.165) is 24.1 Å². The number of aromatic nitrogens is 3. The Balaban J connectivity index is 1.38. The molecule has 1 aromatic heterocycles. The minimum Gasteiger partial charge on any atom is -0.342 e. The summed E-state index contributed by atoms with van der Waals surface area (Å²) in [6.45, 7) is 1.23. The Kier molecular flexibility index (Phi) is 5.06. The molecule has 1 aliphatic heterocycles. The van der Waals surface area contributed by atoms with Crippen molar-refractivity contribution in [1.29, 1.82) is 0 Å². The molecule has 0 atom stereocenters. The number of piperidine rings is 1.